The number of anilines is 1. The number of rotatable bonds is 8. The number of nitrogens with one attached hydrogen (secondary N) is 1. The van der Waals surface area contributed by atoms with Crippen LogP contribution in [0.1, 0.15) is 35.8 Å². The molecule has 0 spiro atoms. The van der Waals surface area contributed by atoms with Crippen LogP contribution in [0.2, 0.25) is 0 Å². The van der Waals surface area contributed by atoms with Gasteiger partial charge in [-0.2, -0.15) is 0 Å². The van der Waals surface area contributed by atoms with Gasteiger partial charge in [0.2, 0.25) is 15.9 Å². The Hall–Kier alpha value is -2.94. The van der Waals surface area contributed by atoms with E-state index in [9.17, 15) is 13.2 Å². The third-order valence-electron chi connectivity index (χ3n) is 5.41. The van der Waals surface area contributed by atoms with E-state index in [1.807, 2.05) is 36.4 Å². The zero-order valence-corrected chi connectivity index (χ0v) is 18.7. The Bertz CT molecular complexity index is 1190. The third-order valence-corrected chi connectivity index (χ3v) is 6.81. The topological polar surface area (TPSA) is 88.9 Å². The van der Waals surface area contributed by atoms with Crippen molar-refractivity contribution in [2.45, 2.75) is 44.4 Å². The molecule has 7 nitrogen and oxygen atoms in total. The SMILES string of the molecule is CC(=O)N1CCCc2cc(S(=O)(=O)NCc3cccc(COCc4ccco4)c3)ccc21. The van der Waals surface area contributed by atoms with E-state index >= 15 is 0 Å². The molecule has 8 heteroatoms. The van der Waals surface area contributed by atoms with Gasteiger partial charge in [-0.1, -0.05) is 24.3 Å². The van der Waals surface area contributed by atoms with Crippen molar-refractivity contribution in [1.29, 1.82) is 0 Å². The molecule has 1 aliphatic rings. The number of ether oxygens (including phenoxy) is 1. The molecule has 32 heavy (non-hydrogen) atoms. The number of nitrogens with zero attached hydrogens (tertiary/aromatic N) is 1. The van der Waals surface area contributed by atoms with Crippen LogP contribution in [0.5, 0.6) is 0 Å². The number of hydrogen-bond acceptors (Lipinski definition) is 5. The molecule has 1 N–H and O–H groups in total. The Morgan fingerprint density at radius 1 is 1.09 bits per heavy atom. The van der Waals surface area contributed by atoms with Crippen LogP contribution in [0, 0.1) is 0 Å². The highest BCUT2D eigenvalue weighted by molar-refractivity contribution is 7.89. The van der Waals surface area contributed by atoms with Gasteiger partial charge in [-0.15, -0.1) is 0 Å². The van der Waals surface area contributed by atoms with Gasteiger partial charge in [0.1, 0.15) is 12.4 Å². The maximum absolute atomic E-state index is 12.9. The Morgan fingerprint density at radius 2 is 1.94 bits per heavy atom. The number of sulfonamides is 1. The van der Waals surface area contributed by atoms with E-state index < -0.39 is 10.0 Å². The molecule has 0 saturated carbocycles. The molecule has 0 unspecified atom stereocenters. The van der Waals surface area contributed by atoms with E-state index in [0.29, 0.717) is 19.8 Å². The van der Waals surface area contributed by atoms with Gasteiger partial charge in [0.05, 0.1) is 17.8 Å². The van der Waals surface area contributed by atoms with Crippen LogP contribution < -0.4 is 9.62 Å². The first-order chi connectivity index (χ1) is 15.4. The monoisotopic (exact) mass is 454 g/mol. The summed E-state index contributed by atoms with van der Waals surface area (Å²) in [4.78, 5) is 13.7. The normalized spacial score (nSPS) is 13.7. The minimum atomic E-state index is -3.69. The van der Waals surface area contributed by atoms with Crippen LogP contribution in [0.4, 0.5) is 5.69 Å². The van der Waals surface area contributed by atoms with Crippen LogP contribution in [0.25, 0.3) is 0 Å². The van der Waals surface area contributed by atoms with Crippen molar-refractivity contribution in [1.82, 2.24) is 4.72 Å². The van der Waals surface area contributed by atoms with E-state index in [4.69, 9.17) is 9.15 Å². The number of carbonyl (C=O) groups is 1. The lowest BCUT2D eigenvalue weighted by atomic mass is 10.0. The zero-order chi connectivity index (χ0) is 22.6. The summed E-state index contributed by atoms with van der Waals surface area (Å²) < 4.78 is 39.3. The Morgan fingerprint density at radius 3 is 2.72 bits per heavy atom. The fourth-order valence-corrected chi connectivity index (χ4v) is 4.89. The lowest BCUT2D eigenvalue weighted by Crippen LogP contribution is -2.33. The number of carbonyl (C=O) groups excluding carboxylic acids is 1. The van der Waals surface area contributed by atoms with Crippen molar-refractivity contribution in [2.75, 3.05) is 11.4 Å². The molecule has 4 rings (SSSR count). The van der Waals surface area contributed by atoms with Crippen LogP contribution in [0.15, 0.2) is 70.2 Å². The second kappa shape index (κ2) is 9.68. The minimum Gasteiger partial charge on any atom is -0.467 e. The van der Waals surface area contributed by atoms with Gasteiger partial charge in [0, 0.05) is 25.7 Å². The molecule has 2 aromatic carbocycles. The summed E-state index contributed by atoms with van der Waals surface area (Å²) in [6.07, 6.45) is 3.17. The smallest absolute Gasteiger partial charge is 0.240 e. The minimum absolute atomic E-state index is 0.0345. The lowest BCUT2D eigenvalue weighted by molar-refractivity contribution is -0.116. The Balaban J connectivity index is 1.39. The largest absolute Gasteiger partial charge is 0.467 e. The van der Waals surface area contributed by atoms with Gasteiger partial charge in [-0.3, -0.25) is 4.79 Å². The number of aryl methyl sites for hydroxylation is 1. The summed E-state index contributed by atoms with van der Waals surface area (Å²) >= 11 is 0. The fraction of sp³-hybridized carbons (Fsp3) is 0.292. The van der Waals surface area contributed by atoms with Crippen LogP contribution in [-0.2, 0) is 45.7 Å². The molecule has 1 aliphatic heterocycles. The molecule has 0 atom stereocenters. The predicted molar refractivity (Wildman–Crippen MR) is 120 cm³/mol. The quantitative estimate of drug-likeness (QED) is 0.560. The lowest BCUT2D eigenvalue weighted by Gasteiger charge is -2.28. The van der Waals surface area contributed by atoms with Crippen LogP contribution >= 0.6 is 0 Å². The van der Waals surface area contributed by atoms with E-state index in [1.165, 1.54) is 6.92 Å². The number of furan rings is 1. The summed E-state index contributed by atoms with van der Waals surface area (Å²) in [5, 5.41) is 0. The second-order valence-electron chi connectivity index (χ2n) is 7.78. The van der Waals surface area contributed by atoms with E-state index in [-0.39, 0.29) is 17.3 Å². The van der Waals surface area contributed by atoms with Crippen LogP contribution in [0.3, 0.4) is 0 Å². The average Bonchev–Trinajstić information content (AvgIpc) is 3.31. The summed E-state index contributed by atoms with van der Waals surface area (Å²) in [5.74, 6) is 0.720. The Labute approximate surface area is 188 Å². The first-order valence-electron chi connectivity index (χ1n) is 10.5. The van der Waals surface area contributed by atoms with Gasteiger partial charge in [-0.25, -0.2) is 13.1 Å². The summed E-state index contributed by atoms with van der Waals surface area (Å²) in [5.41, 5.74) is 3.47. The predicted octanol–water partition coefficient (Wildman–Crippen LogP) is 3.77. The molecule has 1 amide bonds. The molecule has 0 saturated heterocycles. The number of hydrogen-bond donors (Lipinski definition) is 1. The van der Waals surface area contributed by atoms with Gasteiger partial charge in [0.15, 0.2) is 0 Å². The molecule has 0 radical (unpaired) electrons. The molecule has 0 aliphatic carbocycles. The molecular formula is C24H26N2O5S. The van der Waals surface area contributed by atoms with E-state index in [1.54, 1.807) is 29.4 Å². The third kappa shape index (κ3) is 5.27. The number of benzene rings is 2. The van der Waals surface area contributed by atoms with Crippen molar-refractivity contribution in [3.8, 4) is 0 Å². The molecule has 1 aromatic heterocycles. The molecule has 2 heterocycles. The molecule has 0 bridgehead atoms. The van der Waals surface area contributed by atoms with Gasteiger partial charge < -0.3 is 14.1 Å². The van der Waals surface area contributed by atoms with Crippen molar-refractivity contribution in [3.05, 3.63) is 83.3 Å². The standard InChI is InChI=1S/C24H26N2O5S/c1-18(27)26-11-3-7-21-14-23(9-10-24(21)26)32(28,29)25-15-19-5-2-6-20(13-19)16-30-17-22-8-4-12-31-22/h2,4-6,8-10,12-14,25H,3,7,11,15-17H2,1H3. The highest BCUT2D eigenvalue weighted by Gasteiger charge is 2.23. The summed E-state index contributed by atoms with van der Waals surface area (Å²) in [6.45, 7) is 3.14. The van der Waals surface area contributed by atoms with Crippen molar-refractivity contribution in [3.63, 3.8) is 0 Å². The number of amides is 1. The Kier molecular flexibility index (Phi) is 6.74. The van der Waals surface area contributed by atoms with Gasteiger partial charge in [0.25, 0.3) is 0 Å². The van der Waals surface area contributed by atoms with Crippen LogP contribution in [-0.4, -0.2) is 20.9 Å². The second-order valence-corrected chi connectivity index (χ2v) is 9.55. The molecule has 0 fully saturated rings. The molecule has 3 aromatic rings. The van der Waals surface area contributed by atoms with E-state index in [2.05, 4.69) is 4.72 Å². The zero-order valence-electron chi connectivity index (χ0n) is 17.9. The first-order valence-corrected chi connectivity index (χ1v) is 12.0. The highest BCUT2D eigenvalue weighted by Crippen LogP contribution is 2.29. The average molecular weight is 455 g/mol. The summed E-state index contributed by atoms with van der Waals surface area (Å²) in [6, 6.07) is 16.2. The summed E-state index contributed by atoms with van der Waals surface area (Å²) in [7, 11) is -3.69. The highest BCUT2D eigenvalue weighted by atomic mass is 32.2. The number of fused-ring (bicyclic) bond motifs is 1. The van der Waals surface area contributed by atoms with Gasteiger partial charge in [-0.05, 0) is 59.9 Å². The van der Waals surface area contributed by atoms with Crippen molar-refractivity contribution in [2.24, 2.45) is 0 Å². The van der Waals surface area contributed by atoms with E-state index in [0.717, 1.165) is 41.0 Å². The van der Waals surface area contributed by atoms with Crippen molar-refractivity contribution >= 4 is 21.6 Å². The fourth-order valence-electron chi connectivity index (χ4n) is 3.82. The first kappa shape index (κ1) is 22.3. The molecular weight excluding hydrogens is 428 g/mol. The molecule has 168 valence electrons. The van der Waals surface area contributed by atoms with Gasteiger partial charge >= 0.3 is 0 Å². The van der Waals surface area contributed by atoms with Crippen molar-refractivity contribution < 1.29 is 22.4 Å². The maximum atomic E-state index is 12.9. The maximum Gasteiger partial charge on any atom is 0.240 e.